The van der Waals surface area contributed by atoms with E-state index in [1.54, 1.807) is 30.3 Å². The van der Waals surface area contributed by atoms with Crippen molar-refractivity contribution in [2.75, 3.05) is 19.1 Å². The lowest BCUT2D eigenvalue weighted by molar-refractivity contribution is -0.393. The number of nitrogens with two attached hydrogens (primary N) is 1. The van der Waals surface area contributed by atoms with Crippen LogP contribution in [0.1, 0.15) is 11.5 Å². The van der Waals surface area contributed by atoms with Crippen LogP contribution in [0, 0.1) is 31.6 Å². The molecule has 2 aromatic rings. The van der Waals surface area contributed by atoms with Gasteiger partial charge in [0, 0.05) is 6.07 Å². The molecule has 0 amide bonds. The third-order valence-electron chi connectivity index (χ3n) is 5.27. The SMILES string of the molecule is COC(=O)C1=C(C(=O)OC)N(c2c(Br)cc([N+](=O)[O-])cc2[N+](=O)[O-])C(N)=C(C#N)C1c1ccccc1. The van der Waals surface area contributed by atoms with Crippen LogP contribution in [0.2, 0.25) is 0 Å². The van der Waals surface area contributed by atoms with E-state index in [-0.39, 0.29) is 15.6 Å². The fourth-order valence-corrected chi connectivity index (χ4v) is 4.40. The van der Waals surface area contributed by atoms with Crippen LogP contribution in [0.4, 0.5) is 17.1 Å². The molecule has 0 radical (unpaired) electrons. The first kappa shape index (κ1) is 25.8. The van der Waals surface area contributed by atoms with Crippen LogP contribution in [0.5, 0.6) is 0 Å². The maximum absolute atomic E-state index is 13.1. The van der Waals surface area contributed by atoms with Crippen LogP contribution >= 0.6 is 15.9 Å². The van der Waals surface area contributed by atoms with E-state index in [2.05, 4.69) is 15.9 Å². The number of hydrogen-bond donors (Lipinski definition) is 1. The number of anilines is 1. The van der Waals surface area contributed by atoms with Gasteiger partial charge in [0.2, 0.25) is 0 Å². The molecule has 0 fully saturated rings. The number of allylic oxidation sites excluding steroid dienone is 1. The number of hydrogen-bond acceptors (Lipinski definition) is 11. The Bertz CT molecular complexity index is 1400. The molecule has 1 heterocycles. The number of carbonyl (C=O) groups excluding carboxylic acids is 2. The number of halogens is 1. The van der Waals surface area contributed by atoms with E-state index >= 15 is 0 Å². The summed E-state index contributed by atoms with van der Waals surface area (Å²) in [7, 11) is 2.06. The first-order valence-electron chi connectivity index (χ1n) is 9.86. The summed E-state index contributed by atoms with van der Waals surface area (Å²) in [4.78, 5) is 48.4. The monoisotopic (exact) mass is 557 g/mol. The maximum atomic E-state index is 13.1. The summed E-state index contributed by atoms with van der Waals surface area (Å²) in [6.07, 6.45) is 0. The van der Waals surface area contributed by atoms with Gasteiger partial charge in [-0.1, -0.05) is 30.3 Å². The third kappa shape index (κ3) is 4.34. The van der Waals surface area contributed by atoms with Gasteiger partial charge in [0.05, 0.1) is 57.7 Å². The van der Waals surface area contributed by atoms with Gasteiger partial charge in [-0.25, -0.2) is 9.59 Å². The normalized spacial score (nSPS) is 15.3. The summed E-state index contributed by atoms with van der Waals surface area (Å²) in [5.74, 6) is -3.78. The second-order valence-corrected chi connectivity index (χ2v) is 8.00. The molecule has 0 bridgehead atoms. The van der Waals surface area contributed by atoms with Crippen molar-refractivity contribution < 1.29 is 28.9 Å². The number of nitrogens with zero attached hydrogens (tertiary/aromatic N) is 4. The van der Waals surface area contributed by atoms with Crippen molar-refractivity contribution in [2.24, 2.45) is 5.73 Å². The number of nitriles is 1. The lowest BCUT2D eigenvalue weighted by atomic mass is 9.81. The lowest BCUT2D eigenvalue weighted by Gasteiger charge is -2.35. The Kier molecular flexibility index (Phi) is 7.35. The van der Waals surface area contributed by atoms with Crippen LogP contribution in [-0.4, -0.2) is 36.0 Å². The molecule has 1 unspecified atom stereocenters. The molecule has 2 aromatic carbocycles. The van der Waals surface area contributed by atoms with E-state index in [1.807, 2.05) is 6.07 Å². The van der Waals surface area contributed by atoms with Gasteiger partial charge < -0.3 is 15.2 Å². The van der Waals surface area contributed by atoms with Gasteiger partial charge in [0.15, 0.2) is 0 Å². The summed E-state index contributed by atoms with van der Waals surface area (Å²) < 4.78 is 9.55. The molecule has 1 aliphatic heterocycles. The molecule has 1 atom stereocenters. The lowest BCUT2D eigenvalue weighted by Crippen LogP contribution is -2.41. The molecular formula is C22H16BrN5O8. The first-order chi connectivity index (χ1) is 17.1. The van der Waals surface area contributed by atoms with Crippen LogP contribution < -0.4 is 10.6 Å². The third-order valence-corrected chi connectivity index (χ3v) is 5.87. The summed E-state index contributed by atoms with van der Waals surface area (Å²) in [6, 6.07) is 11.7. The van der Waals surface area contributed by atoms with Crippen molar-refractivity contribution in [2.45, 2.75) is 5.92 Å². The van der Waals surface area contributed by atoms with E-state index < -0.39 is 56.3 Å². The van der Waals surface area contributed by atoms with Crippen molar-refractivity contribution in [1.29, 1.82) is 5.26 Å². The maximum Gasteiger partial charge on any atom is 0.355 e. The number of esters is 2. The number of methoxy groups -OCH3 is 2. The largest absolute Gasteiger partial charge is 0.466 e. The molecule has 14 heteroatoms. The van der Waals surface area contributed by atoms with E-state index in [1.165, 1.54) is 0 Å². The summed E-state index contributed by atoms with van der Waals surface area (Å²) in [6.45, 7) is 0. The standard InChI is InChI=1S/C22H16BrN5O8/c1-35-21(29)17-16(11-6-4-3-5-7-11)13(10-24)20(25)26(19(17)22(30)36-2)18-14(23)8-12(27(31)32)9-15(18)28(33)34/h3-9,16H,25H2,1-2H3. The predicted octanol–water partition coefficient (Wildman–Crippen LogP) is 3.16. The molecule has 36 heavy (non-hydrogen) atoms. The van der Waals surface area contributed by atoms with Gasteiger partial charge in [0.25, 0.3) is 5.69 Å². The Morgan fingerprint density at radius 3 is 2.19 bits per heavy atom. The Morgan fingerprint density at radius 2 is 1.69 bits per heavy atom. The minimum Gasteiger partial charge on any atom is -0.466 e. The first-order valence-corrected chi connectivity index (χ1v) is 10.7. The molecule has 3 rings (SSSR count). The number of benzene rings is 2. The van der Waals surface area contributed by atoms with Gasteiger partial charge in [-0.15, -0.1) is 0 Å². The zero-order chi connectivity index (χ0) is 26.7. The highest BCUT2D eigenvalue weighted by atomic mass is 79.9. The number of carbonyl (C=O) groups is 2. The molecule has 0 saturated heterocycles. The van der Waals surface area contributed by atoms with Crippen molar-refractivity contribution in [3.8, 4) is 6.07 Å². The molecule has 0 saturated carbocycles. The average molecular weight is 558 g/mol. The Hall–Kier alpha value is -4.77. The van der Waals surface area contributed by atoms with Crippen LogP contribution in [-0.2, 0) is 19.1 Å². The highest BCUT2D eigenvalue weighted by molar-refractivity contribution is 9.10. The average Bonchev–Trinajstić information content (AvgIpc) is 2.87. The number of nitro groups is 2. The minimum atomic E-state index is -1.19. The Labute approximate surface area is 211 Å². The van der Waals surface area contributed by atoms with Crippen LogP contribution in [0.25, 0.3) is 0 Å². The highest BCUT2D eigenvalue weighted by Crippen LogP contribution is 2.48. The summed E-state index contributed by atoms with van der Waals surface area (Å²) >= 11 is 3.07. The smallest absolute Gasteiger partial charge is 0.355 e. The minimum absolute atomic E-state index is 0.215. The van der Waals surface area contributed by atoms with Crippen molar-refractivity contribution in [1.82, 2.24) is 0 Å². The zero-order valence-electron chi connectivity index (χ0n) is 18.6. The summed E-state index contributed by atoms with van der Waals surface area (Å²) in [5.41, 5.74) is 3.66. The zero-order valence-corrected chi connectivity index (χ0v) is 20.2. The molecule has 184 valence electrons. The molecule has 2 N–H and O–H groups in total. The van der Waals surface area contributed by atoms with E-state index in [0.29, 0.717) is 11.6 Å². The van der Waals surface area contributed by atoms with E-state index in [4.69, 9.17) is 15.2 Å². The molecule has 1 aliphatic rings. The van der Waals surface area contributed by atoms with Crippen molar-refractivity contribution >= 4 is 44.9 Å². The Balaban J connectivity index is 2.53. The molecular weight excluding hydrogens is 542 g/mol. The van der Waals surface area contributed by atoms with Gasteiger partial charge in [-0.3, -0.25) is 25.1 Å². The number of rotatable bonds is 6. The highest BCUT2D eigenvalue weighted by Gasteiger charge is 2.45. The predicted molar refractivity (Wildman–Crippen MR) is 127 cm³/mol. The topological polar surface area (TPSA) is 192 Å². The van der Waals surface area contributed by atoms with Gasteiger partial charge in [0.1, 0.15) is 17.2 Å². The fraction of sp³-hybridized carbons (Fsp3) is 0.136. The quantitative estimate of drug-likeness (QED) is 0.311. The van der Waals surface area contributed by atoms with E-state index in [9.17, 15) is 35.1 Å². The van der Waals surface area contributed by atoms with Crippen molar-refractivity contribution in [3.63, 3.8) is 0 Å². The summed E-state index contributed by atoms with van der Waals surface area (Å²) in [5, 5.41) is 33.3. The number of ether oxygens (including phenoxy) is 2. The van der Waals surface area contributed by atoms with Gasteiger partial charge >= 0.3 is 17.6 Å². The molecule has 0 spiro atoms. The molecule has 0 aliphatic carbocycles. The van der Waals surface area contributed by atoms with Gasteiger partial charge in [-0.05, 0) is 21.5 Å². The Morgan fingerprint density at radius 1 is 1.08 bits per heavy atom. The second kappa shape index (κ2) is 10.2. The molecule has 13 nitrogen and oxygen atoms in total. The second-order valence-electron chi connectivity index (χ2n) is 7.14. The van der Waals surface area contributed by atoms with Gasteiger partial charge in [-0.2, -0.15) is 5.26 Å². The van der Waals surface area contributed by atoms with Crippen molar-refractivity contribution in [3.05, 3.63) is 95.4 Å². The number of non-ortho nitro benzene ring substituents is 1. The number of nitro benzene ring substituents is 2. The van der Waals surface area contributed by atoms with Crippen LogP contribution in [0.15, 0.2) is 69.6 Å². The van der Waals surface area contributed by atoms with E-state index in [0.717, 1.165) is 25.2 Å². The fourth-order valence-electron chi connectivity index (χ4n) is 3.78. The molecule has 0 aromatic heterocycles. The van der Waals surface area contributed by atoms with Crippen LogP contribution in [0.3, 0.4) is 0 Å².